The van der Waals surface area contributed by atoms with Gasteiger partial charge in [-0.3, -0.25) is 4.79 Å². The van der Waals surface area contributed by atoms with Crippen LogP contribution in [-0.4, -0.2) is 5.91 Å². The standard InChI is InChI=1S/C19H21NO/c1-14-11-15(2)13-16(12-14)18(21)20-19(9-6-10-19)17-7-4-3-5-8-17/h3-5,7-8,11-13H,6,9-10H2,1-2H3,(H,20,21). The monoisotopic (exact) mass is 279 g/mol. The van der Waals surface area contributed by atoms with Crippen molar-refractivity contribution in [1.82, 2.24) is 5.32 Å². The zero-order valence-corrected chi connectivity index (χ0v) is 12.6. The Labute approximate surface area is 126 Å². The Morgan fingerprint density at radius 1 is 1.00 bits per heavy atom. The third kappa shape index (κ3) is 2.71. The smallest absolute Gasteiger partial charge is 0.251 e. The first kappa shape index (κ1) is 13.9. The molecule has 1 N–H and O–H groups in total. The molecule has 3 rings (SSSR count). The Bertz CT molecular complexity index is 636. The maximum atomic E-state index is 12.6. The van der Waals surface area contributed by atoms with Gasteiger partial charge in [0, 0.05) is 5.56 Å². The van der Waals surface area contributed by atoms with Gasteiger partial charge in [0.05, 0.1) is 5.54 Å². The summed E-state index contributed by atoms with van der Waals surface area (Å²) in [5.74, 6) is 0.0327. The van der Waals surface area contributed by atoms with Crippen molar-refractivity contribution in [3.8, 4) is 0 Å². The van der Waals surface area contributed by atoms with E-state index >= 15 is 0 Å². The number of benzene rings is 2. The molecule has 1 aliphatic rings. The molecule has 2 heteroatoms. The lowest BCUT2D eigenvalue weighted by Crippen LogP contribution is -2.50. The van der Waals surface area contributed by atoms with Crippen LogP contribution in [0.3, 0.4) is 0 Å². The lowest BCUT2D eigenvalue weighted by Gasteiger charge is -2.43. The molecule has 0 spiro atoms. The molecule has 1 saturated carbocycles. The molecular formula is C19H21NO. The average molecular weight is 279 g/mol. The molecule has 2 aromatic rings. The third-order valence-electron chi connectivity index (χ3n) is 4.37. The second kappa shape index (κ2) is 5.36. The fraction of sp³-hybridized carbons (Fsp3) is 0.316. The summed E-state index contributed by atoms with van der Waals surface area (Å²) in [4.78, 5) is 12.6. The minimum Gasteiger partial charge on any atom is -0.343 e. The molecule has 2 aromatic carbocycles. The van der Waals surface area contributed by atoms with Crippen LogP contribution < -0.4 is 5.32 Å². The van der Waals surface area contributed by atoms with Gasteiger partial charge in [-0.15, -0.1) is 0 Å². The minimum absolute atomic E-state index is 0.0327. The highest BCUT2D eigenvalue weighted by Gasteiger charge is 2.39. The predicted molar refractivity (Wildman–Crippen MR) is 85.4 cm³/mol. The van der Waals surface area contributed by atoms with Crippen molar-refractivity contribution in [2.24, 2.45) is 0 Å². The van der Waals surface area contributed by atoms with E-state index in [9.17, 15) is 4.79 Å². The average Bonchev–Trinajstić information content (AvgIpc) is 2.42. The third-order valence-corrected chi connectivity index (χ3v) is 4.37. The predicted octanol–water partition coefficient (Wildman–Crippen LogP) is 4.11. The fourth-order valence-corrected chi connectivity index (χ4v) is 3.17. The molecule has 0 aliphatic heterocycles. The van der Waals surface area contributed by atoms with Crippen LogP contribution in [0.2, 0.25) is 0 Å². The van der Waals surface area contributed by atoms with Crippen LogP contribution in [0.1, 0.15) is 46.3 Å². The van der Waals surface area contributed by atoms with Crippen LogP contribution >= 0.6 is 0 Å². The largest absolute Gasteiger partial charge is 0.343 e. The molecule has 0 heterocycles. The minimum atomic E-state index is -0.171. The Morgan fingerprint density at radius 2 is 1.62 bits per heavy atom. The van der Waals surface area contributed by atoms with E-state index in [0.29, 0.717) is 0 Å². The van der Waals surface area contributed by atoms with E-state index in [0.717, 1.165) is 29.5 Å². The van der Waals surface area contributed by atoms with Crippen LogP contribution in [-0.2, 0) is 5.54 Å². The Morgan fingerprint density at radius 3 is 2.14 bits per heavy atom. The normalized spacial score (nSPS) is 16.1. The highest BCUT2D eigenvalue weighted by Crippen LogP contribution is 2.41. The molecule has 0 atom stereocenters. The quantitative estimate of drug-likeness (QED) is 0.900. The van der Waals surface area contributed by atoms with Gasteiger partial charge in [0.15, 0.2) is 0 Å². The first-order chi connectivity index (χ1) is 10.1. The van der Waals surface area contributed by atoms with Crippen molar-refractivity contribution in [2.45, 2.75) is 38.6 Å². The number of hydrogen-bond acceptors (Lipinski definition) is 1. The highest BCUT2D eigenvalue weighted by molar-refractivity contribution is 5.95. The molecule has 21 heavy (non-hydrogen) atoms. The van der Waals surface area contributed by atoms with Gasteiger partial charge in [0.25, 0.3) is 5.91 Å². The highest BCUT2D eigenvalue weighted by atomic mass is 16.1. The zero-order chi connectivity index (χ0) is 14.9. The van der Waals surface area contributed by atoms with Gasteiger partial charge in [-0.25, -0.2) is 0 Å². The second-order valence-electron chi connectivity index (χ2n) is 6.13. The van der Waals surface area contributed by atoms with Gasteiger partial charge in [-0.2, -0.15) is 0 Å². The van der Waals surface area contributed by atoms with Crippen molar-refractivity contribution in [1.29, 1.82) is 0 Å². The summed E-state index contributed by atoms with van der Waals surface area (Å²) in [6.07, 6.45) is 3.21. The number of rotatable bonds is 3. The Hall–Kier alpha value is -2.09. The van der Waals surface area contributed by atoms with E-state index in [1.165, 1.54) is 12.0 Å². The maximum Gasteiger partial charge on any atom is 0.251 e. The molecule has 0 radical (unpaired) electrons. The van der Waals surface area contributed by atoms with Crippen LogP contribution in [0, 0.1) is 13.8 Å². The molecule has 0 bridgehead atoms. The van der Waals surface area contributed by atoms with E-state index in [4.69, 9.17) is 0 Å². The summed E-state index contributed by atoms with van der Waals surface area (Å²) in [5.41, 5.74) is 4.06. The van der Waals surface area contributed by atoms with Crippen LogP contribution in [0.4, 0.5) is 0 Å². The van der Waals surface area contributed by atoms with Crippen molar-refractivity contribution in [2.75, 3.05) is 0 Å². The lowest BCUT2D eigenvalue weighted by atomic mass is 9.71. The molecule has 1 fully saturated rings. The molecule has 1 aliphatic carbocycles. The molecular weight excluding hydrogens is 258 g/mol. The van der Waals surface area contributed by atoms with Gasteiger partial charge >= 0.3 is 0 Å². The van der Waals surface area contributed by atoms with E-state index < -0.39 is 0 Å². The van der Waals surface area contributed by atoms with E-state index in [-0.39, 0.29) is 11.4 Å². The van der Waals surface area contributed by atoms with Crippen molar-refractivity contribution < 1.29 is 4.79 Å². The summed E-state index contributed by atoms with van der Waals surface area (Å²) in [7, 11) is 0. The van der Waals surface area contributed by atoms with Crippen LogP contribution in [0.5, 0.6) is 0 Å². The van der Waals surface area contributed by atoms with Gasteiger partial charge in [0.2, 0.25) is 0 Å². The van der Waals surface area contributed by atoms with Crippen molar-refractivity contribution >= 4 is 5.91 Å². The van der Waals surface area contributed by atoms with Gasteiger partial charge in [-0.1, -0.05) is 47.5 Å². The fourth-order valence-electron chi connectivity index (χ4n) is 3.17. The molecule has 2 nitrogen and oxygen atoms in total. The summed E-state index contributed by atoms with van der Waals surface area (Å²) in [6.45, 7) is 4.06. The molecule has 108 valence electrons. The molecule has 0 aromatic heterocycles. The van der Waals surface area contributed by atoms with E-state index in [2.05, 4.69) is 23.5 Å². The van der Waals surface area contributed by atoms with E-state index in [1.807, 2.05) is 44.2 Å². The zero-order valence-electron chi connectivity index (χ0n) is 12.6. The van der Waals surface area contributed by atoms with Gasteiger partial charge in [-0.05, 0) is 50.8 Å². The van der Waals surface area contributed by atoms with Crippen molar-refractivity contribution in [3.63, 3.8) is 0 Å². The van der Waals surface area contributed by atoms with Gasteiger partial charge in [0.1, 0.15) is 0 Å². The number of hydrogen-bond donors (Lipinski definition) is 1. The number of nitrogens with one attached hydrogen (secondary N) is 1. The summed E-state index contributed by atoms with van der Waals surface area (Å²) in [6, 6.07) is 16.3. The number of aryl methyl sites for hydroxylation is 2. The lowest BCUT2D eigenvalue weighted by molar-refractivity contribution is 0.0823. The van der Waals surface area contributed by atoms with Crippen LogP contribution in [0.25, 0.3) is 0 Å². The SMILES string of the molecule is Cc1cc(C)cc(C(=O)NC2(c3ccccc3)CCC2)c1. The molecule has 1 amide bonds. The molecule has 0 saturated heterocycles. The van der Waals surface area contributed by atoms with Gasteiger partial charge < -0.3 is 5.32 Å². The second-order valence-corrected chi connectivity index (χ2v) is 6.13. The van der Waals surface area contributed by atoms with Crippen LogP contribution in [0.15, 0.2) is 48.5 Å². The van der Waals surface area contributed by atoms with Crippen molar-refractivity contribution in [3.05, 3.63) is 70.8 Å². The maximum absolute atomic E-state index is 12.6. The summed E-state index contributed by atoms with van der Waals surface area (Å²) >= 11 is 0. The number of carbonyl (C=O) groups is 1. The first-order valence-corrected chi connectivity index (χ1v) is 7.55. The Balaban J connectivity index is 1.86. The topological polar surface area (TPSA) is 29.1 Å². The summed E-state index contributed by atoms with van der Waals surface area (Å²) in [5, 5.41) is 3.28. The summed E-state index contributed by atoms with van der Waals surface area (Å²) < 4.78 is 0. The Kier molecular flexibility index (Phi) is 3.54. The number of amides is 1. The van der Waals surface area contributed by atoms with E-state index in [1.54, 1.807) is 0 Å². The first-order valence-electron chi connectivity index (χ1n) is 7.55. The molecule has 0 unspecified atom stereocenters. The number of carbonyl (C=O) groups excluding carboxylic acids is 1.